The van der Waals surface area contributed by atoms with E-state index in [1.165, 1.54) is 19.3 Å². The van der Waals surface area contributed by atoms with Gasteiger partial charge in [-0.15, -0.1) is 0 Å². The van der Waals surface area contributed by atoms with Gasteiger partial charge in [-0.3, -0.25) is 0 Å². The van der Waals surface area contributed by atoms with E-state index in [9.17, 15) is 4.39 Å². The third-order valence-corrected chi connectivity index (χ3v) is 2.90. The lowest BCUT2D eigenvalue weighted by Gasteiger charge is -2.35. The molecule has 1 aliphatic rings. The average molecular weight is 189 g/mol. The van der Waals surface area contributed by atoms with Crippen LogP contribution in [0.1, 0.15) is 39.0 Å². The smallest absolute Gasteiger partial charge is 0.117 e. The number of alkyl halides is 1. The van der Waals surface area contributed by atoms with Crippen molar-refractivity contribution in [3.8, 4) is 0 Å². The highest BCUT2D eigenvalue weighted by Gasteiger charge is 2.26. The van der Waals surface area contributed by atoms with Crippen LogP contribution >= 0.6 is 0 Å². The van der Waals surface area contributed by atoms with Crippen molar-refractivity contribution in [1.29, 1.82) is 0 Å². The summed E-state index contributed by atoms with van der Waals surface area (Å²) in [4.78, 5) is 0. The van der Waals surface area contributed by atoms with Crippen LogP contribution in [0.5, 0.6) is 0 Å². The highest BCUT2D eigenvalue weighted by atomic mass is 19.1. The van der Waals surface area contributed by atoms with Crippen LogP contribution in [0.3, 0.4) is 0 Å². The first-order valence-electron chi connectivity index (χ1n) is 5.15. The summed E-state index contributed by atoms with van der Waals surface area (Å²) in [7, 11) is 0. The number of hydrogen-bond donors (Lipinski definition) is 2. The number of rotatable bonds is 4. The van der Waals surface area contributed by atoms with Crippen molar-refractivity contribution in [2.45, 2.75) is 50.7 Å². The molecule has 0 aromatic heterocycles. The van der Waals surface area contributed by atoms with E-state index in [0.29, 0.717) is 6.54 Å². The molecule has 0 aromatic carbocycles. The molecule has 0 aliphatic heterocycles. The summed E-state index contributed by atoms with van der Waals surface area (Å²) in [6.45, 7) is 1.90. The molecule has 0 aromatic rings. The van der Waals surface area contributed by atoms with E-state index in [1.807, 2.05) is 0 Å². The van der Waals surface area contributed by atoms with Gasteiger partial charge in [-0.05, 0) is 19.8 Å². The summed E-state index contributed by atoms with van der Waals surface area (Å²) >= 11 is 0. The zero-order valence-corrected chi connectivity index (χ0v) is 8.35. The quantitative estimate of drug-likeness (QED) is 0.704. The van der Waals surface area contributed by atoms with Gasteiger partial charge in [0.2, 0.25) is 0 Å². The van der Waals surface area contributed by atoms with E-state index in [4.69, 9.17) is 5.11 Å². The molecular weight excluding hydrogens is 169 g/mol. The van der Waals surface area contributed by atoms with E-state index in [1.54, 1.807) is 0 Å². The first-order valence-corrected chi connectivity index (χ1v) is 5.15. The Morgan fingerprint density at radius 3 is 2.54 bits per heavy atom. The minimum absolute atomic E-state index is 0.133. The van der Waals surface area contributed by atoms with E-state index >= 15 is 0 Å². The number of aliphatic hydroxyl groups is 1. The number of β-amino-alcohol motifs (C(OH)–C–C–N with tert-alkyl or cyclic N) is 1. The summed E-state index contributed by atoms with van der Waals surface area (Å²) in [5.74, 6) is 0. The van der Waals surface area contributed by atoms with Gasteiger partial charge >= 0.3 is 0 Å². The monoisotopic (exact) mass is 189 g/mol. The maximum atomic E-state index is 12.0. The summed E-state index contributed by atoms with van der Waals surface area (Å²) in [5, 5.41) is 12.3. The fourth-order valence-electron chi connectivity index (χ4n) is 1.93. The molecule has 1 atom stereocenters. The Kier molecular flexibility index (Phi) is 4.13. The molecule has 0 heterocycles. The van der Waals surface area contributed by atoms with E-state index < -0.39 is 12.8 Å². The van der Waals surface area contributed by atoms with Crippen LogP contribution < -0.4 is 5.32 Å². The lowest BCUT2D eigenvalue weighted by Crippen LogP contribution is -2.47. The van der Waals surface area contributed by atoms with Crippen LogP contribution in [0, 0.1) is 0 Å². The molecule has 1 aliphatic carbocycles. The van der Waals surface area contributed by atoms with Gasteiger partial charge in [0.05, 0.1) is 6.10 Å². The zero-order valence-electron chi connectivity index (χ0n) is 8.35. The SMILES string of the molecule is CC1(NCC(O)CF)CCCCC1. The molecule has 0 radical (unpaired) electrons. The molecule has 1 saturated carbocycles. The molecule has 0 bridgehead atoms. The van der Waals surface area contributed by atoms with Crippen molar-refractivity contribution >= 4 is 0 Å². The maximum absolute atomic E-state index is 12.0. The molecule has 0 amide bonds. The third-order valence-electron chi connectivity index (χ3n) is 2.90. The molecular formula is C10H20FNO. The lowest BCUT2D eigenvalue weighted by atomic mass is 9.83. The zero-order chi connectivity index (χ0) is 9.73. The van der Waals surface area contributed by atoms with E-state index in [0.717, 1.165) is 12.8 Å². The van der Waals surface area contributed by atoms with Crippen molar-refractivity contribution in [2.24, 2.45) is 0 Å². The predicted molar refractivity (Wildman–Crippen MR) is 51.5 cm³/mol. The maximum Gasteiger partial charge on any atom is 0.117 e. The molecule has 2 N–H and O–H groups in total. The Morgan fingerprint density at radius 1 is 1.38 bits per heavy atom. The summed E-state index contributed by atoms with van der Waals surface area (Å²) < 4.78 is 12.0. The largest absolute Gasteiger partial charge is 0.389 e. The topological polar surface area (TPSA) is 32.3 Å². The van der Waals surface area contributed by atoms with Gasteiger partial charge in [0.1, 0.15) is 6.67 Å². The van der Waals surface area contributed by atoms with Gasteiger partial charge in [-0.1, -0.05) is 19.3 Å². The molecule has 1 rings (SSSR count). The van der Waals surface area contributed by atoms with Gasteiger partial charge in [0.15, 0.2) is 0 Å². The van der Waals surface area contributed by atoms with E-state index in [-0.39, 0.29) is 5.54 Å². The highest BCUT2D eigenvalue weighted by molar-refractivity contribution is 4.86. The molecule has 13 heavy (non-hydrogen) atoms. The second-order valence-electron chi connectivity index (χ2n) is 4.31. The molecule has 3 heteroatoms. The Hall–Kier alpha value is -0.150. The van der Waals surface area contributed by atoms with Gasteiger partial charge < -0.3 is 10.4 Å². The van der Waals surface area contributed by atoms with Crippen molar-refractivity contribution < 1.29 is 9.50 Å². The fourth-order valence-corrected chi connectivity index (χ4v) is 1.93. The lowest BCUT2D eigenvalue weighted by molar-refractivity contribution is 0.119. The summed E-state index contributed by atoms with van der Waals surface area (Å²) in [6, 6.07) is 0. The second kappa shape index (κ2) is 4.91. The van der Waals surface area contributed by atoms with Crippen molar-refractivity contribution in [3.05, 3.63) is 0 Å². The first-order chi connectivity index (χ1) is 6.16. The van der Waals surface area contributed by atoms with Gasteiger partial charge in [-0.2, -0.15) is 0 Å². The minimum Gasteiger partial charge on any atom is -0.389 e. The Labute approximate surface area is 79.5 Å². The summed E-state index contributed by atoms with van der Waals surface area (Å²) in [6.07, 6.45) is 5.25. The second-order valence-corrected chi connectivity index (χ2v) is 4.31. The number of hydrogen-bond acceptors (Lipinski definition) is 2. The van der Waals surface area contributed by atoms with Crippen molar-refractivity contribution in [1.82, 2.24) is 5.32 Å². The van der Waals surface area contributed by atoms with Crippen LogP contribution in [0.15, 0.2) is 0 Å². The van der Waals surface area contributed by atoms with Crippen LogP contribution in [0.25, 0.3) is 0 Å². The molecule has 0 saturated heterocycles. The Morgan fingerprint density at radius 2 is 2.00 bits per heavy atom. The van der Waals surface area contributed by atoms with Gasteiger partial charge in [0, 0.05) is 12.1 Å². The summed E-state index contributed by atoms with van der Waals surface area (Å²) in [5.41, 5.74) is 0.133. The standard InChI is InChI=1S/C10H20FNO/c1-10(5-3-2-4-6-10)12-8-9(13)7-11/h9,12-13H,2-8H2,1H3. The Balaban J connectivity index is 2.24. The molecule has 1 unspecified atom stereocenters. The van der Waals surface area contributed by atoms with Crippen LogP contribution in [-0.2, 0) is 0 Å². The number of aliphatic hydroxyl groups excluding tert-OH is 1. The van der Waals surface area contributed by atoms with E-state index in [2.05, 4.69) is 12.2 Å². The average Bonchev–Trinajstić information content (AvgIpc) is 2.15. The van der Waals surface area contributed by atoms with Crippen molar-refractivity contribution in [2.75, 3.05) is 13.2 Å². The van der Waals surface area contributed by atoms with Gasteiger partial charge in [0.25, 0.3) is 0 Å². The van der Waals surface area contributed by atoms with Crippen LogP contribution in [-0.4, -0.2) is 30.0 Å². The van der Waals surface area contributed by atoms with Crippen LogP contribution in [0.4, 0.5) is 4.39 Å². The fraction of sp³-hybridized carbons (Fsp3) is 1.00. The van der Waals surface area contributed by atoms with Crippen molar-refractivity contribution in [3.63, 3.8) is 0 Å². The number of nitrogens with one attached hydrogen (secondary N) is 1. The first kappa shape index (κ1) is 10.9. The normalized spacial score (nSPS) is 24.2. The highest BCUT2D eigenvalue weighted by Crippen LogP contribution is 2.27. The van der Waals surface area contributed by atoms with Crippen LogP contribution in [0.2, 0.25) is 0 Å². The van der Waals surface area contributed by atoms with Gasteiger partial charge in [-0.25, -0.2) is 4.39 Å². The Bertz CT molecular complexity index is 146. The minimum atomic E-state index is -0.834. The molecule has 2 nitrogen and oxygen atoms in total. The molecule has 78 valence electrons. The number of halogens is 1. The molecule has 1 fully saturated rings. The predicted octanol–water partition coefficient (Wildman–Crippen LogP) is 1.63. The third kappa shape index (κ3) is 3.61. The molecule has 0 spiro atoms.